The minimum absolute atomic E-state index is 0.0935. The van der Waals surface area contributed by atoms with Crippen LogP contribution in [-0.2, 0) is 14.3 Å². The average molecular weight is 519 g/mol. The van der Waals surface area contributed by atoms with Gasteiger partial charge in [0.05, 0.1) is 17.1 Å². The Morgan fingerprint density at radius 3 is 2.65 bits per heavy atom. The predicted octanol–water partition coefficient (Wildman–Crippen LogP) is 4.86. The molecule has 2 amide bonds. The van der Waals surface area contributed by atoms with E-state index in [9.17, 15) is 14.4 Å². The van der Waals surface area contributed by atoms with Gasteiger partial charge in [-0.25, -0.2) is 4.79 Å². The van der Waals surface area contributed by atoms with Crippen molar-refractivity contribution in [2.45, 2.75) is 13.3 Å². The number of hydrogen-bond donors (Lipinski definition) is 1. The third kappa shape index (κ3) is 6.25. The molecule has 0 aromatic heterocycles. The maximum atomic E-state index is 12.7. The number of rotatable bonds is 7. The van der Waals surface area contributed by atoms with Crippen molar-refractivity contribution in [1.82, 2.24) is 4.90 Å². The lowest BCUT2D eigenvalue weighted by Crippen LogP contribution is -2.31. The Kier molecular flexibility index (Phi) is 8.00. The van der Waals surface area contributed by atoms with Crippen LogP contribution in [0.4, 0.5) is 5.69 Å². The van der Waals surface area contributed by atoms with E-state index in [1.807, 2.05) is 24.3 Å². The highest BCUT2D eigenvalue weighted by molar-refractivity contribution is 9.10. The largest absolute Gasteiger partial charge is 0.462 e. The molecule has 9 heteroatoms. The highest BCUT2D eigenvalue weighted by Crippen LogP contribution is 2.33. The van der Waals surface area contributed by atoms with E-state index in [1.54, 1.807) is 37.3 Å². The molecule has 1 saturated heterocycles. The number of hydrogen-bond acceptors (Lipinski definition) is 6. The Morgan fingerprint density at radius 2 is 1.97 bits per heavy atom. The van der Waals surface area contributed by atoms with Gasteiger partial charge in [-0.2, -0.15) is 0 Å². The lowest BCUT2D eigenvalue weighted by molar-refractivity contribution is -0.122. The summed E-state index contributed by atoms with van der Waals surface area (Å²) in [5.41, 5.74) is 1.85. The second-order valence-electron chi connectivity index (χ2n) is 6.48. The number of carbonyl (C=O) groups excluding carboxylic acids is 3. The number of amides is 2. The maximum absolute atomic E-state index is 12.7. The van der Waals surface area contributed by atoms with Crippen molar-refractivity contribution in [3.63, 3.8) is 0 Å². The monoisotopic (exact) mass is 518 g/mol. The second kappa shape index (κ2) is 10.7. The number of anilines is 1. The van der Waals surface area contributed by atoms with Crippen LogP contribution >= 0.6 is 39.9 Å². The fourth-order valence-electron chi connectivity index (χ4n) is 2.78. The van der Waals surface area contributed by atoms with Crippen LogP contribution in [0, 0.1) is 0 Å². The molecule has 0 unspecified atom stereocenters. The molecule has 160 valence electrons. The molecule has 0 spiro atoms. The quantitative estimate of drug-likeness (QED) is 0.320. The number of nitrogens with one attached hydrogen (secondary N) is 1. The minimum atomic E-state index is -0.411. The first-order valence-electron chi connectivity index (χ1n) is 9.45. The van der Waals surface area contributed by atoms with Crippen molar-refractivity contribution in [3.05, 3.63) is 69.0 Å². The summed E-state index contributed by atoms with van der Waals surface area (Å²) in [4.78, 5) is 38.6. The van der Waals surface area contributed by atoms with E-state index >= 15 is 0 Å². The van der Waals surface area contributed by atoms with E-state index in [1.165, 1.54) is 16.7 Å². The number of esters is 1. The summed E-state index contributed by atoms with van der Waals surface area (Å²) in [7, 11) is 0. The minimum Gasteiger partial charge on any atom is -0.462 e. The summed E-state index contributed by atoms with van der Waals surface area (Å²) < 4.78 is 6.28. The molecule has 0 aliphatic carbocycles. The van der Waals surface area contributed by atoms with E-state index in [2.05, 4.69) is 21.2 Å². The molecular formula is C22H19BrN2O4S2. The number of benzene rings is 2. The SMILES string of the molecule is CCOC(=O)c1ccc(NC(=O)CCN2C(=O)/C(=C\c3cccc(Br)c3)SC2=S)cc1. The van der Waals surface area contributed by atoms with Crippen LogP contribution in [0.1, 0.15) is 29.3 Å². The Balaban J connectivity index is 1.55. The zero-order valence-electron chi connectivity index (χ0n) is 16.6. The smallest absolute Gasteiger partial charge is 0.338 e. The van der Waals surface area contributed by atoms with Gasteiger partial charge in [0.15, 0.2) is 0 Å². The number of thiocarbonyl (C=S) groups is 1. The molecule has 0 bridgehead atoms. The van der Waals surface area contributed by atoms with Crippen LogP contribution in [0.15, 0.2) is 57.9 Å². The zero-order chi connectivity index (χ0) is 22.4. The van der Waals surface area contributed by atoms with Crippen molar-refractivity contribution in [1.29, 1.82) is 0 Å². The number of thioether (sulfide) groups is 1. The number of halogens is 1. The highest BCUT2D eigenvalue weighted by atomic mass is 79.9. The molecular weight excluding hydrogens is 500 g/mol. The third-order valence-corrected chi connectivity index (χ3v) is 6.13. The summed E-state index contributed by atoms with van der Waals surface area (Å²) >= 11 is 9.96. The van der Waals surface area contributed by atoms with Gasteiger partial charge in [0.1, 0.15) is 4.32 Å². The molecule has 2 aromatic carbocycles. The maximum Gasteiger partial charge on any atom is 0.338 e. The molecule has 1 heterocycles. The number of carbonyl (C=O) groups is 3. The molecule has 1 N–H and O–H groups in total. The summed E-state index contributed by atoms with van der Waals surface area (Å²) in [5.74, 6) is -0.874. The fraction of sp³-hybridized carbons (Fsp3) is 0.182. The van der Waals surface area contributed by atoms with Gasteiger partial charge in [0, 0.05) is 23.1 Å². The molecule has 0 atom stereocenters. The Labute approximate surface area is 198 Å². The molecule has 0 saturated carbocycles. The van der Waals surface area contributed by atoms with Gasteiger partial charge in [-0.3, -0.25) is 14.5 Å². The summed E-state index contributed by atoms with van der Waals surface area (Å²) in [6.45, 7) is 2.22. The van der Waals surface area contributed by atoms with Gasteiger partial charge < -0.3 is 10.1 Å². The van der Waals surface area contributed by atoms with Gasteiger partial charge in [0.25, 0.3) is 5.91 Å². The Bertz CT molecular complexity index is 1050. The van der Waals surface area contributed by atoms with Crippen LogP contribution in [-0.4, -0.2) is 40.2 Å². The zero-order valence-corrected chi connectivity index (χ0v) is 19.8. The van der Waals surface area contributed by atoms with Gasteiger partial charge in [-0.1, -0.05) is 52.0 Å². The lowest BCUT2D eigenvalue weighted by Gasteiger charge is -2.14. The summed E-state index contributed by atoms with van der Waals surface area (Å²) in [6, 6.07) is 14.0. The standard InChI is InChI=1S/C22H19BrN2O4S2/c1-2-29-21(28)15-6-8-17(9-7-15)24-19(26)10-11-25-20(27)18(31-22(25)30)13-14-4-3-5-16(23)12-14/h3-9,12-13H,2,10-11H2,1H3,(H,24,26)/b18-13+. The first-order chi connectivity index (χ1) is 14.9. The molecule has 1 fully saturated rings. The Hall–Kier alpha value is -2.49. The van der Waals surface area contributed by atoms with Crippen molar-refractivity contribution < 1.29 is 19.1 Å². The molecule has 1 aliphatic rings. The Morgan fingerprint density at radius 1 is 1.23 bits per heavy atom. The topological polar surface area (TPSA) is 75.7 Å². The molecule has 31 heavy (non-hydrogen) atoms. The predicted molar refractivity (Wildman–Crippen MR) is 130 cm³/mol. The van der Waals surface area contributed by atoms with Crippen molar-refractivity contribution in [2.24, 2.45) is 0 Å². The lowest BCUT2D eigenvalue weighted by atomic mass is 10.2. The van der Waals surface area contributed by atoms with E-state index in [0.29, 0.717) is 27.1 Å². The number of nitrogens with zero attached hydrogens (tertiary/aromatic N) is 1. The van der Waals surface area contributed by atoms with Crippen LogP contribution in [0.5, 0.6) is 0 Å². The first kappa shape index (κ1) is 23.2. The van der Waals surface area contributed by atoms with Crippen LogP contribution in [0.2, 0.25) is 0 Å². The van der Waals surface area contributed by atoms with Gasteiger partial charge >= 0.3 is 5.97 Å². The van der Waals surface area contributed by atoms with Crippen molar-refractivity contribution in [2.75, 3.05) is 18.5 Å². The van der Waals surface area contributed by atoms with E-state index in [-0.39, 0.29) is 24.8 Å². The molecule has 1 aliphatic heterocycles. The molecule has 6 nitrogen and oxygen atoms in total. The highest BCUT2D eigenvalue weighted by Gasteiger charge is 2.32. The second-order valence-corrected chi connectivity index (χ2v) is 9.08. The van der Waals surface area contributed by atoms with Gasteiger partial charge in [-0.05, 0) is 55.0 Å². The molecule has 3 rings (SSSR count). The third-order valence-electron chi connectivity index (χ3n) is 4.26. The van der Waals surface area contributed by atoms with Crippen LogP contribution in [0.3, 0.4) is 0 Å². The van der Waals surface area contributed by atoms with Crippen LogP contribution in [0.25, 0.3) is 6.08 Å². The average Bonchev–Trinajstić information content (AvgIpc) is 2.99. The summed E-state index contributed by atoms with van der Waals surface area (Å²) in [6.07, 6.45) is 1.88. The number of ether oxygens (including phenoxy) is 1. The first-order valence-corrected chi connectivity index (χ1v) is 11.5. The molecule has 0 radical (unpaired) electrons. The van der Waals surface area contributed by atoms with Gasteiger partial charge in [-0.15, -0.1) is 0 Å². The van der Waals surface area contributed by atoms with Crippen molar-refractivity contribution >= 4 is 73.8 Å². The van der Waals surface area contributed by atoms with E-state index < -0.39 is 5.97 Å². The molecule has 2 aromatic rings. The van der Waals surface area contributed by atoms with Crippen LogP contribution < -0.4 is 5.32 Å². The van der Waals surface area contributed by atoms with Crippen molar-refractivity contribution in [3.8, 4) is 0 Å². The van der Waals surface area contributed by atoms with E-state index in [4.69, 9.17) is 17.0 Å². The fourth-order valence-corrected chi connectivity index (χ4v) is 4.51. The van der Waals surface area contributed by atoms with E-state index in [0.717, 1.165) is 10.0 Å². The summed E-state index contributed by atoms with van der Waals surface area (Å²) in [5, 5.41) is 2.75. The van der Waals surface area contributed by atoms with Gasteiger partial charge in [0.2, 0.25) is 5.91 Å². The normalized spacial score (nSPS) is 14.8.